The van der Waals surface area contributed by atoms with E-state index in [4.69, 9.17) is 9.84 Å². The van der Waals surface area contributed by atoms with E-state index in [2.05, 4.69) is 11.8 Å². The SMILES string of the molecule is CCOCCN(CC)C(=O)c1ccc(C)c(C#CCO)c1. The Hall–Kier alpha value is -1.83. The van der Waals surface area contributed by atoms with Crippen molar-refractivity contribution in [2.24, 2.45) is 0 Å². The van der Waals surface area contributed by atoms with Crippen LogP contribution in [-0.4, -0.2) is 48.8 Å². The summed E-state index contributed by atoms with van der Waals surface area (Å²) in [6.07, 6.45) is 0. The molecular weight excluding hydrogens is 266 g/mol. The quantitative estimate of drug-likeness (QED) is 0.642. The summed E-state index contributed by atoms with van der Waals surface area (Å²) in [5, 5.41) is 8.78. The zero-order valence-electron chi connectivity index (χ0n) is 13.0. The molecule has 0 heterocycles. The summed E-state index contributed by atoms with van der Waals surface area (Å²) >= 11 is 0. The number of likely N-dealkylation sites (N-methyl/N-ethyl adjacent to an activating group) is 1. The van der Waals surface area contributed by atoms with Gasteiger partial charge < -0.3 is 14.7 Å². The highest BCUT2D eigenvalue weighted by molar-refractivity contribution is 5.94. The lowest BCUT2D eigenvalue weighted by Crippen LogP contribution is -2.33. The molecule has 1 aromatic carbocycles. The van der Waals surface area contributed by atoms with Gasteiger partial charge in [0.1, 0.15) is 6.61 Å². The molecule has 1 amide bonds. The van der Waals surface area contributed by atoms with Gasteiger partial charge >= 0.3 is 0 Å². The van der Waals surface area contributed by atoms with E-state index >= 15 is 0 Å². The highest BCUT2D eigenvalue weighted by Crippen LogP contribution is 2.12. The third kappa shape index (κ3) is 5.22. The molecule has 0 aliphatic heterocycles. The lowest BCUT2D eigenvalue weighted by Gasteiger charge is -2.21. The van der Waals surface area contributed by atoms with Gasteiger partial charge in [0.15, 0.2) is 0 Å². The second-order valence-electron chi connectivity index (χ2n) is 4.57. The Morgan fingerprint density at radius 1 is 1.38 bits per heavy atom. The van der Waals surface area contributed by atoms with Crippen LogP contribution in [0.4, 0.5) is 0 Å². The summed E-state index contributed by atoms with van der Waals surface area (Å²) in [5.74, 6) is 5.47. The van der Waals surface area contributed by atoms with Crippen molar-refractivity contribution >= 4 is 5.91 Å². The summed E-state index contributed by atoms with van der Waals surface area (Å²) in [4.78, 5) is 14.2. The van der Waals surface area contributed by atoms with Crippen LogP contribution in [0.15, 0.2) is 18.2 Å². The van der Waals surface area contributed by atoms with E-state index in [-0.39, 0.29) is 12.5 Å². The van der Waals surface area contributed by atoms with Crippen LogP contribution in [0.25, 0.3) is 0 Å². The second-order valence-corrected chi connectivity index (χ2v) is 4.57. The van der Waals surface area contributed by atoms with Gasteiger partial charge in [-0.05, 0) is 38.5 Å². The Balaban J connectivity index is 2.89. The summed E-state index contributed by atoms with van der Waals surface area (Å²) in [7, 11) is 0. The average molecular weight is 289 g/mol. The standard InChI is InChI=1S/C17H23NO3/c1-4-18(10-12-21-5-2)17(20)16-9-8-14(3)15(13-16)7-6-11-19/h8-9,13,19H,4-5,10-12H2,1-3H3. The van der Waals surface area contributed by atoms with Gasteiger partial charge in [-0.1, -0.05) is 17.9 Å². The first-order chi connectivity index (χ1) is 10.1. The molecule has 0 fully saturated rings. The lowest BCUT2D eigenvalue weighted by atomic mass is 10.0. The first-order valence-electron chi connectivity index (χ1n) is 7.21. The van der Waals surface area contributed by atoms with E-state index in [1.807, 2.05) is 32.9 Å². The highest BCUT2D eigenvalue weighted by atomic mass is 16.5. The molecule has 0 unspecified atom stereocenters. The number of benzene rings is 1. The molecule has 114 valence electrons. The van der Waals surface area contributed by atoms with Crippen LogP contribution < -0.4 is 0 Å². The molecule has 21 heavy (non-hydrogen) atoms. The molecule has 1 rings (SSSR count). The number of ether oxygens (including phenoxy) is 1. The fourth-order valence-corrected chi connectivity index (χ4v) is 1.93. The van der Waals surface area contributed by atoms with E-state index < -0.39 is 0 Å². The zero-order chi connectivity index (χ0) is 15.7. The van der Waals surface area contributed by atoms with Crippen LogP contribution in [0.2, 0.25) is 0 Å². The Bertz CT molecular complexity index is 529. The van der Waals surface area contributed by atoms with Gasteiger partial charge in [-0.2, -0.15) is 0 Å². The van der Waals surface area contributed by atoms with E-state index in [0.717, 1.165) is 11.1 Å². The maximum Gasteiger partial charge on any atom is 0.253 e. The van der Waals surface area contributed by atoms with Crippen LogP contribution >= 0.6 is 0 Å². The van der Waals surface area contributed by atoms with E-state index in [1.165, 1.54) is 0 Å². The Labute approximate surface area is 126 Å². The number of hydrogen-bond donors (Lipinski definition) is 1. The van der Waals surface area contributed by atoms with Crippen molar-refractivity contribution in [3.8, 4) is 11.8 Å². The van der Waals surface area contributed by atoms with Crippen molar-refractivity contribution in [3.63, 3.8) is 0 Å². The second kappa shape index (κ2) is 9.17. The maximum atomic E-state index is 12.5. The van der Waals surface area contributed by atoms with E-state index in [0.29, 0.717) is 31.9 Å². The van der Waals surface area contributed by atoms with Crippen LogP contribution in [0.1, 0.15) is 35.3 Å². The molecule has 1 N–H and O–H groups in total. The Morgan fingerprint density at radius 3 is 2.76 bits per heavy atom. The number of rotatable bonds is 6. The van der Waals surface area contributed by atoms with E-state index in [9.17, 15) is 4.79 Å². The predicted octanol–water partition coefficient (Wildman–Crippen LogP) is 1.84. The molecule has 0 spiro atoms. The summed E-state index contributed by atoms with van der Waals surface area (Å²) in [5.41, 5.74) is 2.38. The van der Waals surface area contributed by atoms with Crippen LogP contribution in [-0.2, 0) is 4.74 Å². The summed E-state index contributed by atoms with van der Waals surface area (Å²) in [6.45, 7) is 8.03. The molecule has 0 saturated carbocycles. The molecule has 0 bridgehead atoms. The number of aryl methyl sites for hydroxylation is 1. The van der Waals surface area contributed by atoms with Gasteiger partial charge in [-0.3, -0.25) is 4.79 Å². The molecule has 0 atom stereocenters. The third-order valence-corrected chi connectivity index (χ3v) is 3.17. The predicted molar refractivity (Wildman–Crippen MR) is 83.2 cm³/mol. The van der Waals surface area contributed by atoms with Gasteiger partial charge in [-0.25, -0.2) is 0 Å². The highest BCUT2D eigenvalue weighted by Gasteiger charge is 2.14. The van der Waals surface area contributed by atoms with Crippen molar-refractivity contribution in [2.75, 3.05) is 32.9 Å². The van der Waals surface area contributed by atoms with Crippen molar-refractivity contribution in [2.45, 2.75) is 20.8 Å². The molecule has 0 aliphatic carbocycles. The maximum absolute atomic E-state index is 12.5. The minimum atomic E-state index is -0.187. The number of hydrogen-bond acceptors (Lipinski definition) is 3. The van der Waals surface area contributed by atoms with Gasteiger partial charge in [0.05, 0.1) is 6.61 Å². The smallest absolute Gasteiger partial charge is 0.253 e. The fourth-order valence-electron chi connectivity index (χ4n) is 1.93. The van der Waals surface area contributed by atoms with Crippen molar-refractivity contribution < 1.29 is 14.6 Å². The Kier molecular flexibility index (Phi) is 7.52. The van der Waals surface area contributed by atoms with Crippen molar-refractivity contribution in [3.05, 3.63) is 34.9 Å². The topological polar surface area (TPSA) is 49.8 Å². The van der Waals surface area contributed by atoms with Crippen LogP contribution in [0, 0.1) is 18.8 Å². The molecule has 0 aromatic heterocycles. The lowest BCUT2D eigenvalue weighted by molar-refractivity contribution is 0.0669. The van der Waals surface area contributed by atoms with Gasteiger partial charge in [0, 0.05) is 30.8 Å². The van der Waals surface area contributed by atoms with Crippen molar-refractivity contribution in [1.82, 2.24) is 4.90 Å². The number of amides is 1. The summed E-state index contributed by atoms with van der Waals surface area (Å²) in [6, 6.07) is 5.47. The van der Waals surface area contributed by atoms with E-state index in [1.54, 1.807) is 11.0 Å². The zero-order valence-corrected chi connectivity index (χ0v) is 13.0. The van der Waals surface area contributed by atoms with Gasteiger partial charge in [0.2, 0.25) is 0 Å². The first kappa shape index (κ1) is 17.2. The first-order valence-corrected chi connectivity index (χ1v) is 7.21. The monoisotopic (exact) mass is 289 g/mol. The molecule has 4 heteroatoms. The molecule has 0 saturated heterocycles. The summed E-state index contributed by atoms with van der Waals surface area (Å²) < 4.78 is 5.30. The normalized spacial score (nSPS) is 9.90. The number of carbonyl (C=O) groups is 1. The number of aliphatic hydroxyl groups excluding tert-OH is 1. The average Bonchev–Trinajstić information content (AvgIpc) is 2.50. The van der Waals surface area contributed by atoms with Gasteiger partial charge in [-0.15, -0.1) is 0 Å². The third-order valence-electron chi connectivity index (χ3n) is 3.17. The molecule has 1 aromatic rings. The minimum absolute atomic E-state index is 0.0238. The Morgan fingerprint density at radius 2 is 2.14 bits per heavy atom. The largest absolute Gasteiger partial charge is 0.384 e. The molecule has 0 aliphatic rings. The van der Waals surface area contributed by atoms with Gasteiger partial charge in [0.25, 0.3) is 5.91 Å². The minimum Gasteiger partial charge on any atom is -0.384 e. The fraction of sp³-hybridized carbons (Fsp3) is 0.471. The molecule has 4 nitrogen and oxygen atoms in total. The molecular formula is C17H23NO3. The number of carbonyl (C=O) groups excluding carboxylic acids is 1. The van der Waals surface area contributed by atoms with Crippen LogP contribution in [0.3, 0.4) is 0 Å². The van der Waals surface area contributed by atoms with Crippen molar-refractivity contribution in [1.29, 1.82) is 0 Å². The number of aliphatic hydroxyl groups is 1. The number of nitrogens with zero attached hydrogens (tertiary/aromatic N) is 1. The van der Waals surface area contributed by atoms with Crippen LogP contribution in [0.5, 0.6) is 0 Å². The molecule has 0 radical (unpaired) electrons.